The summed E-state index contributed by atoms with van der Waals surface area (Å²) in [5, 5.41) is 0. The summed E-state index contributed by atoms with van der Waals surface area (Å²) in [4.78, 5) is 10.7. The van der Waals surface area contributed by atoms with Gasteiger partial charge in [-0.3, -0.25) is 0 Å². The zero-order valence-corrected chi connectivity index (χ0v) is 8.91. The van der Waals surface area contributed by atoms with Crippen molar-refractivity contribution in [2.75, 3.05) is 6.61 Å². The minimum atomic E-state index is -0.266. The van der Waals surface area contributed by atoms with E-state index in [1.165, 1.54) is 0 Å². The van der Waals surface area contributed by atoms with Crippen molar-refractivity contribution in [1.29, 1.82) is 0 Å². The summed E-state index contributed by atoms with van der Waals surface area (Å²) in [5.74, 6) is 0. The first-order valence-corrected chi connectivity index (χ1v) is 5.59. The van der Waals surface area contributed by atoms with Gasteiger partial charge in [0.2, 0.25) is 0 Å². The molecule has 3 nitrogen and oxygen atoms in total. The van der Waals surface area contributed by atoms with E-state index in [9.17, 15) is 4.79 Å². The first-order chi connectivity index (χ1) is 6.86. The van der Waals surface area contributed by atoms with E-state index in [1.807, 2.05) is 0 Å². The number of carbonyl (C=O) groups excluding carboxylic acids is 1. The molecule has 1 aliphatic rings. The fraction of sp³-hybridized carbons (Fsp3) is 0.909. The predicted molar refractivity (Wildman–Crippen MR) is 54.1 cm³/mol. The maximum absolute atomic E-state index is 10.7. The minimum Gasteiger partial charge on any atom is -0.353 e. The van der Waals surface area contributed by atoms with Crippen LogP contribution in [0.2, 0.25) is 0 Å². The number of unbranched alkanes of at least 4 members (excludes halogenated alkanes) is 1. The molecule has 0 radical (unpaired) electrons. The van der Waals surface area contributed by atoms with Crippen LogP contribution >= 0.6 is 0 Å². The average Bonchev–Trinajstić information content (AvgIpc) is 2.25. The van der Waals surface area contributed by atoms with E-state index in [2.05, 4.69) is 6.92 Å². The van der Waals surface area contributed by atoms with Gasteiger partial charge in [-0.15, -0.1) is 0 Å². The smallest absolute Gasteiger partial charge is 0.158 e. The maximum Gasteiger partial charge on any atom is 0.158 e. The Morgan fingerprint density at radius 3 is 3.00 bits per heavy atom. The summed E-state index contributed by atoms with van der Waals surface area (Å²) in [5.41, 5.74) is 0. The van der Waals surface area contributed by atoms with Crippen molar-refractivity contribution in [3.63, 3.8) is 0 Å². The molecule has 3 heteroatoms. The van der Waals surface area contributed by atoms with Crippen LogP contribution < -0.4 is 0 Å². The van der Waals surface area contributed by atoms with Gasteiger partial charge in [-0.2, -0.15) is 0 Å². The molecule has 0 bridgehead atoms. The first kappa shape index (κ1) is 11.7. The minimum absolute atomic E-state index is 0.143. The Kier molecular flexibility index (Phi) is 5.80. The van der Waals surface area contributed by atoms with Crippen LogP contribution in [0.5, 0.6) is 0 Å². The van der Waals surface area contributed by atoms with Crippen LogP contribution in [0.1, 0.15) is 45.4 Å². The lowest BCUT2D eigenvalue weighted by Gasteiger charge is -2.25. The summed E-state index contributed by atoms with van der Waals surface area (Å²) in [6.45, 7) is 2.88. The van der Waals surface area contributed by atoms with E-state index in [-0.39, 0.29) is 12.4 Å². The van der Waals surface area contributed by atoms with E-state index < -0.39 is 0 Å². The molecule has 1 heterocycles. The molecule has 0 aliphatic carbocycles. The molecule has 1 fully saturated rings. The second-order valence-corrected chi connectivity index (χ2v) is 3.75. The SMILES string of the molecule is CCCC[C@H](C=O)OC1CCCCO1. The number of rotatable bonds is 6. The van der Waals surface area contributed by atoms with E-state index in [0.29, 0.717) is 0 Å². The van der Waals surface area contributed by atoms with Crippen molar-refractivity contribution in [3.05, 3.63) is 0 Å². The lowest BCUT2D eigenvalue weighted by Crippen LogP contribution is -2.28. The highest BCUT2D eigenvalue weighted by molar-refractivity contribution is 5.55. The van der Waals surface area contributed by atoms with Gasteiger partial charge < -0.3 is 14.3 Å². The Balaban J connectivity index is 2.20. The first-order valence-electron chi connectivity index (χ1n) is 5.59. The van der Waals surface area contributed by atoms with Crippen LogP contribution in [0, 0.1) is 0 Å². The van der Waals surface area contributed by atoms with E-state index in [0.717, 1.165) is 51.4 Å². The van der Waals surface area contributed by atoms with Crippen molar-refractivity contribution in [2.45, 2.75) is 57.8 Å². The monoisotopic (exact) mass is 200 g/mol. The second kappa shape index (κ2) is 6.96. The number of carbonyl (C=O) groups is 1. The van der Waals surface area contributed by atoms with Gasteiger partial charge in [0.25, 0.3) is 0 Å². The third-order valence-corrected chi connectivity index (χ3v) is 2.46. The summed E-state index contributed by atoms with van der Waals surface area (Å²) in [7, 11) is 0. The zero-order valence-electron chi connectivity index (χ0n) is 8.91. The van der Waals surface area contributed by atoms with Gasteiger partial charge in [0, 0.05) is 6.61 Å². The van der Waals surface area contributed by atoms with Crippen LogP contribution in [0.25, 0.3) is 0 Å². The molecule has 14 heavy (non-hydrogen) atoms. The Morgan fingerprint density at radius 2 is 2.43 bits per heavy atom. The third kappa shape index (κ3) is 4.20. The highest BCUT2D eigenvalue weighted by Gasteiger charge is 2.18. The Bertz CT molecular complexity index is 153. The van der Waals surface area contributed by atoms with Gasteiger partial charge in [-0.05, 0) is 25.7 Å². The number of aldehydes is 1. The molecule has 0 N–H and O–H groups in total. The van der Waals surface area contributed by atoms with Crippen LogP contribution in [-0.2, 0) is 14.3 Å². The van der Waals surface area contributed by atoms with Crippen LogP contribution in [0.15, 0.2) is 0 Å². The van der Waals surface area contributed by atoms with Crippen LogP contribution in [0.4, 0.5) is 0 Å². The average molecular weight is 200 g/mol. The molecule has 0 amide bonds. The Labute approximate surface area is 85.8 Å². The quantitative estimate of drug-likeness (QED) is 0.617. The molecule has 0 spiro atoms. The van der Waals surface area contributed by atoms with Gasteiger partial charge in [-0.1, -0.05) is 19.8 Å². The van der Waals surface area contributed by atoms with Crippen molar-refractivity contribution >= 4 is 6.29 Å². The highest BCUT2D eigenvalue weighted by Crippen LogP contribution is 2.16. The summed E-state index contributed by atoms with van der Waals surface area (Å²) >= 11 is 0. The number of hydrogen-bond acceptors (Lipinski definition) is 3. The van der Waals surface area contributed by atoms with Crippen molar-refractivity contribution < 1.29 is 14.3 Å². The molecule has 0 aromatic rings. The maximum atomic E-state index is 10.7. The molecule has 0 aromatic heterocycles. The number of hydrogen-bond donors (Lipinski definition) is 0. The van der Waals surface area contributed by atoms with Crippen molar-refractivity contribution in [2.24, 2.45) is 0 Å². The molecular formula is C11H20O3. The molecular weight excluding hydrogens is 180 g/mol. The van der Waals surface area contributed by atoms with Gasteiger partial charge >= 0.3 is 0 Å². The summed E-state index contributed by atoms with van der Waals surface area (Å²) in [6.07, 6.45) is 6.62. The molecule has 1 aliphatic heterocycles. The van der Waals surface area contributed by atoms with Crippen LogP contribution in [0.3, 0.4) is 0 Å². The molecule has 1 unspecified atom stereocenters. The van der Waals surface area contributed by atoms with E-state index in [4.69, 9.17) is 9.47 Å². The van der Waals surface area contributed by atoms with Gasteiger partial charge in [-0.25, -0.2) is 0 Å². The van der Waals surface area contributed by atoms with Crippen molar-refractivity contribution in [3.8, 4) is 0 Å². The molecule has 1 rings (SSSR count). The van der Waals surface area contributed by atoms with Crippen molar-refractivity contribution in [1.82, 2.24) is 0 Å². The van der Waals surface area contributed by atoms with E-state index >= 15 is 0 Å². The van der Waals surface area contributed by atoms with E-state index in [1.54, 1.807) is 0 Å². The van der Waals surface area contributed by atoms with Gasteiger partial charge in [0.1, 0.15) is 12.4 Å². The normalized spacial score (nSPS) is 24.5. The summed E-state index contributed by atoms with van der Waals surface area (Å²) in [6, 6.07) is 0. The van der Waals surface area contributed by atoms with Gasteiger partial charge in [0.05, 0.1) is 0 Å². The zero-order chi connectivity index (χ0) is 10.2. The highest BCUT2D eigenvalue weighted by atomic mass is 16.7. The molecule has 0 saturated carbocycles. The third-order valence-electron chi connectivity index (χ3n) is 2.46. The molecule has 2 atom stereocenters. The standard InChI is InChI=1S/C11H20O3/c1-2-3-6-10(9-12)14-11-7-4-5-8-13-11/h9-11H,2-8H2,1H3/t10-,11?/m1/s1. The molecule has 1 saturated heterocycles. The fourth-order valence-corrected chi connectivity index (χ4v) is 1.59. The largest absolute Gasteiger partial charge is 0.353 e. The Morgan fingerprint density at radius 1 is 1.57 bits per heavy atom. The fourth-order valence-electron chi connectivity index (χ4n) is 1.59. The molecule has 0 aromatic carbocycles. The van der Waals surface area contributed by atoms with Crippen LogP contribution in [-0.4, -0.2) is 25.3 Å². The Hall–Kier alpha value is -0.410. The number of ether oxygens (including phenoxy) is 2. The van der Waals surface area contributed by atoms with Gasteiger partial charge in [0.15, 0.2) is 6.29 Å². The lowest BCUT2D eigenvalue weighted by atomic mass is 10.1. The summed E-state index contributed by atoms with van der Waals surface area (Å²) < 4.78 is 11.0. The predicted octanol–water partition coefficient (Wildman–Crippen LogP) is 2.29. The lowest BCUT2D eigenvalue weighted by molar-refractivity contribution is -0.187. The second-order valence-electron chi connectivity index (χ2n) is 3.75. The topological polar surface area (TPSA) is 35.5 Å². The molecule has 82 valence electrons.